The number of hydrogen-bond acceptors (Lipinski definition) is 5. The van der Waals surface area contributed by atoms with Gasteiger partial charge in [0.15, 0.2) is 0 Å². The zero-order valence-corrected chi connectivity index (χ0v) is 9.32. The van der Waals surface area contributed by atoms with Crippen LogP contribution in [0.5, 0.6) is 0 Å². The zero-order valence-electron chi connectivity index (χ0n) is 8.51. The van der Waals surface area contributed by atoms with E-state index in [2.05, 4.69) is 20.2 Å². The molecule has 5 heteroatoms. The Hall–Kier alpha value is -1.62. The van der Waals surface area contributed by atoms with Crippen LogP contribution >= 0.6 is 11.3 Å². The van der Waals surface area contributed by atoms with E-state index in [1.807, 2.05) is 19.9 Å². The average molecular weight is 218 g/mol. The third kappa shape index (κ3) is 2.07. The summed E-state index contributed by atoms with van der Waals surface area (Å²) >= 11 is 1.57. The van der Waals surface area contributed by atoms with Crippen LogP contribution in [-0.4, -0.2) is 20.2 Å². The highest BCUT2D eigenvalue weighted by atomic mass is 32.1. The summed E-state index contributed by atoms with van der Waals surface area (Å²) in [7, 11) is 0. The molecule has 0 unspecified atom stereocenters. The Bertz CT molecular complexity index is 475. The van der Waals surface area contributed by atoms with E-state index in [0.29, 0.717) is 0 Å². The van der Waals surface area contributed by atoms with Crippen molar-refractivity contribution in [3.05, 3.63) is 40.4 Å². The summed E-state index contributed by atoms with van der Waals surface area (Å²) < 4.78 is 0. The summed E-state index contributed by atoms with van der Waals surface area (Å²) in [6, 6.07) is 0. The maximum atomic E-state index is 4.11. The van der Waals surface area contributed by atoms with Crippen LogP contribution in [0.2, 0.25) is 0 Å². The van der Waals surface area contributed by atoms with Crippen LogP contribution in [0.25, 0.3) is 5.57 Å². The van der Waals surface area contributed by atoms with Gasteiger partial charge < -0.3 is 0 Å². The number of aryl methyl sites for hydroxylation is 1. The summed E-state index contributed by atoms with van der Waals surface area (Å²) in [5.41, 5.74) is 2.00. The Morgan fingerprint density at radius 2 is 2.00 bits per heavy atom. The molecule has 0 saturated carbocycles. The van der Waals surface area contributed by atoms with Crippen molar-refractivity contribution >= 4 is 16.9 Å². The molecule has 0 aliphatic carbocycles. The van der Waals surface area contributed by atoms with Gasteiger partial charge in [-0.15, -0.1) is 10.2 Å². The Labute approximate surface area is 91.7 Å². The van der Waals surface area contributed by atoms with Gasteiger partial charge in [-0.2, -0.15) is 0 Å². The molecule has 0 amide bonds. The van der Waals surface area contributed by atoms with Gasteiger partial charge in [0.2, 0.25) is 0 Å². The molecule has 2 rings (SSSR count). The van der Waals surface area contributed by atoms with E-state index in [-0.39, 0.29) is 0 Å². The normalized spacial score (nSPS) is 11.7. The molecule has 0 aliphatic heterocycles. The van der Waals surface area contributed by atoms with E-state index in [4.69, 9.17) is 0 Å². The number of aromatic nitrogens is 4. The summed E-state index contributed by atoms with van der Waals surface area (Å²) in [6.45, 7) is 3.91. The van der Waals surface area contributed by atoms with E-state index in [1.54, 1.807) is 23.7 Å². The molecule has 0 aliphatic rings. The van der Waals surface area contributed by atoms with E-state index in [0.717, 1.165) is 21.2 Å². The van der Waals surface area contributed by atoms with E-state index in [9.17, 15) is 0 Å². The maximum Gasteiger partial charge on any atom is 0.148 e. The van der Waals surface area contributed by atoms with Gasteiger partial charge in [0, 0.05) is 23.5 Å². The lowest BCUT2D eigenvalue weighted by Crippen LogP contribution is -1.89. The van der Waals surface area contributed by atoms with Gasteiger partial charge in [-0.25, -0.2) is 9.97 Å². The Morgan fingerprint density at radius 1 is 1.27 bits per heavy atom. The molecular weight excluding hydrogens is 208 g/mol. The number of rotatable bonds is 2. The van der Waals surface area contributed by atoms with Crippen LogP contribution in [0.15, 0.2) is 24.8 Å². The molecule has 0 bridgehead atoms. The standard InChI is InChI=1S/C10H10N4S/c1-3-9(8-4-11-6-12-5-8)10-14-13-7(2)15-10/h3-6H,1-2H3/b9-3+. The number of nitrogens with zero attached hydrogens (tertiary/aromatic N) is 4. The van der Waals surface area contributed by atoms with Crippen molar-refractivity contribution in [3.8, 4) is 0 Å². The molecule has 0 atom stereocenters. The van der Waals surface area contributed by atoms with Crippen LogP contribution < -0.4 is 0 Å². The van der Waals surface area contributed by atoms with Crippen molar-refractivity contribution in [2.24, 2.45) is 0 Å². The molecule has 2 heterocycles. The fourth-order valence-corrected chi connectivity index (χ4v) is 2.05. The molecule has 2 aromatic rings. The highest BCUT2D eigenvalue weighted by molar-refractivity contribution is 7.12. The van der Waals surface area contributed by atoms with Gasteiger partial charge in [-0.05, 0) is 13.8 Å². The van der Waals surface area contributed by atoms with Crippen LogP contribution in [0.4, 0.5) is 0 Å². The molecule has 0 radical (unpaired) electrons. The third-order valence-electron chi connectivity index (χ3n) is 1.92. The summed E-state index contributed by atoms with van der Waals surface area (Å²) in [5.74, 6) is 0. The van der Waals surface area contributed by atoms with Crippen LogP contribution in [0.3, 0.4) is 0 Å². The van der Waals surface area contributed by atoms with E-state index in [1.165, 1.54) is 6.33 Å². The molecule has 2 aromatic heterocycles. The minimum Gasteiger partial charge on any atom is -0.244 e. The summed E-state index contributed by atoms with van der Waals surface area (Å²) in [5, 5.41) is 9.97. The van der Waals surface area contributed by atoms with Crippen molar-refractivity contribution in [1.29, 1.82) is 0 Å². The molecule has 0 spiro atoms. The quantitative estimate of drug-likeness (QED) is 0.774. The van der Waals surface area contributed by atoms with Gasteiger partial charge >= 0.3 is 0 Å². The predicted molar refractivity (Wildman–Crippen MR) is 59.4 cm³/mol. The fourth-order valence-electron chi connectivity index (χ4n) is 1.26. The first-order valence-electron chi connectivity index (χ1n) is 4.53. The highest BCUT2D eigenvalue weighted by Gasteiger charge is 2.09. The molecule has 0 saturated heterocycles. The van der Waals surface area contributed by atoms with E-state index < -0.39 is 0 Å². The van der Waals surface area contributed by atoms with Crippen LogP contribution in [0.1, 0.15) is 22.5 Å². The zero-order chi connectivity index (χ0) is 10.7. The number of allylic oxidation sites excluding steroid dienone is 1. The fraction of sp³-hybridized carbons (Fsp3) is 0.200. The third-order valence-corrected chi connectivity index (χ3v) is 2.79. The van der Waals surface area contributed by atoms with Crippen LogP contribution in [-0.2, 0) is 0 Å². The van der Waals surface area contributed by atoms with Gasteiger partial charge in [-0.1, -0.05) is 17.4 Å². The average Bonchev–Trinajstić information content (AvgIpc) is 2.68. The lowest BCUT2D eigenvalue weighted by molar-refractivity contribution is 1.03. The van der Waals surface area contributed by atoms with Gasteiger partial charge in [0.1, 0.15) is 16.3 Å². The second-order valence-electron chi connectivity index (χ2n) is 2.96. The topological polar surface area (TPSA) is 51.6 Å². The van der Waals surface area contributed by atoms with Gasteiger partial charge in [0.25, 0.3) is 0 Å². The summed E-state index contributed by atoms with van der Waals surface area (Å²) in [6.07, 6.45) is 7.07. The predicted octanol–water partition coefficient (Wildman–Crippen LogP) is 2.09. The first kappa shape index (κ1) is 9.92. The first-order valence-corrected chi connectivity index (χ1v) is 5.35. The Kier molecular flexibility index (Phi) is 2.82. The molecule has 0 aromatic carbocycles. The lowest BCUT2D eigenvalue weighted by atomic mass is 10.1. The molecule has 15 heavy (non-hydrogen) atoms. The molecule has 0 fully saturated rings. The van der Waals surface area contributed by atoms with Crippen molar-refractivity contribution in [1.82, 2.24) is 20.2 Å². The highest BCUT2D eigenvalue weighted by Crippen LogP contribution is 2.24. The largest absolute Gasteiger partial charge is 0.244 e. The summed E-state index contributed by atoms with van der Waals surface area (Å²) in [4.78, 5) is 7.98. The second kappa shape index (κ2) is 4.27. The number of hydrogen-bond donors (Lipinski definition) is 0. The molecule has 4 nitrogen and oxygen atoms in total. The smallest absolute Gasteiger partial charge is 0.148 e. The monoisotopic (exact) mass is 218 g/mol. The van der Waals surface area contributed by atoms with Gasteiger partial charge in [0.05, 0.1) is 0 Å². The Morgan fingerprint density at radius 3 is 2.53 bits per heavy atom. The minimum atomic E-state index is 0.907. The molecular formula is C10H10N4S. The minimum absolute atomic E-state index is 0.907. The first-order chi connectivity index (χ1) is 7.31. The van der Waals surface area contributed by atoms with Crippen LogP contribution in [0, 0.1) is 6.92 Å². The maximum absolute atomic E-state index is 4.11. The van der Waals surface area contributed by atoms with Crippen molar-refractivity contribution in [3.63, 3.8) is 0 Å². The van der Waals surface area contributed by atoms with E-state index >= 15 is 0 Å². The van der Waals surface area contributed by atoms with Crippen molar-refractivity contribution in [2.45, 2.75) is 13.8 Å². The Balaban J connectivity index is 2.43. The second-order valence-corrected chi connectivity index (χ2v) is 4.14. The lowest BCUT2D eigenvalue weighted by Gasteiger charge is -2.00. The van der Waals surface area contributed by atoms with Crippen molar-refractivity contribution < 1.29 is 0 Å². The SMILES string of the molecule is C/C=C(\c1cncnc1)c1nnc(C)s1. The molecule has 76 valence electrons. The van der Waals surface area contributed by atoms with Gasteiger partial charge in [-0.3, -0.25) is 0 Å². The molecule has 0 N–H and O–H groups in total. The van der Waals surface area contributed by atoms with Crippen molar-refractivity contribution in [2.75, 3.05) is 0 Å².